The number of halogens is 1. The van der Waals surface area contributed by atoms with Crippen molar-refractivity contribution < 1.29 is 0 Å². The minimum atomic E-state index is 0. The van der Waals surface area contributed by atoms with Gasteiger partial charge in [0.25, 0.3) is 0 Å². The number of benzene rings is 1. The summed E-state index contributed by atoms with van der Waals surface area (Å²) in [5.74, 6) is 0.839. The van der Waals surface area contributed by atoms with E-state index in [1.54, 1.807) is 0 Å². The van der Waals surface area contributed by atoms with Crippen molar-refractivity contribution >= 4 is 29.9 Å². The van der Waals surface area contributed by atoms with Gasteiger partial charge in [0, 0.05) is 52.0 Å². The number of guanidine groups is 1. The maximum absolute atomic E-state index is 4.51. The Kier molecular flexibility index (Phi) is 11.5. The van der Waals surface area contributed by atoms with E-state index in [-0.39, 0.29) is 24.0 Å². The van der Waals surface area contributed by atoms with Gasteiger partial charge in [-0.2, -0.15) is 5.10 Å². The second-order valence-electron chi connectivity index (χ2n) is 8.61. The maximum atomic E-state index is 4.51. The minimum absolute atomic E-state index is 0. The van der Waals surface area contributed by atoms with E-state index in [4.69, 9.17) is 0 Å². The van der Waals surface area contributed by atoms with Gasteiger partial charge >= 0.3 is 0 Å². The molecule has 178 valence electrons. The zero-order valence-corrected chi connectivity index (χ0v) is 22.4. The van der Waals surface area contributed by atoms with Crippen molar-refractivity contribution in [1.29, 1.82) is 0 Å². The SMILES string of the molecule is CN=C(NCCCn1nc(C)cc1C)NCc1ccc(CN2CCCN(C)CC2)cc1.I. The van der Waals surface area contributed by atoms with Gasteiger partial charge in [0.1, 0.15) is 0 Å². The average Bonchev–Trinajstić information content (AvgIpc) is 2.94. The molecule has 0 unspecified atom stereocenters. The molecule has 2 N–H and O–H groups in total. The second-order valence-corrected chi connectivity index (χ2v) is 8.61. The summed E-state index contributed by atoms with van der Waals surface area (Å²) >= 11 is 0. The molecule has 0 bridgehead atoms. The van der Waals surface area contributed by atoms with Crippen LogP contribution in [0.4, 0.5) is 0 Å². The van der Waals surface area contributed by atoms with E-state index in [1.807, 2.05) is 14.0 Å². The van der Waals surface area contributed by atoms with E-state index in [1.165, 1.54) is 36.3 Å². The molecule has 0 aliphatic carbocycles. The van der Waals surface area contributed by atoms with E-state index in [0.29, 0.717) is 0 Å². The van der Waals surface area contributed by atoms with E-state index < -0.39 is 0 Å². The molecule has 1 aliphatic heterocycles. The van der Waals surface area contributed by atoms with Crippen LogP contribution in [0.2, 0.25) is 0 Å². The van der Waals surface area contributed by atoms with Gasteiger partial charge in [0.15, 0.2) is 5.96 Å². The summed E-state index contributed by atoms with van der Waals surface area (Å²) in [4.78, 5) is 9.33. The number of nitrogens with one attached hydrogen (secondary N) is 2. The Morgan fingerprint density at radius 2 is 1.78 bits per heavy atom. The van der Waals surface area contributed by atoms with Crippen molar-refractivity contribution in [2.24, 2.45) is 4.99 Å². The van der Waals surface area contributed by atoms with Crippen LogP contribution < -0.4 is 10.6 Å². The van der Waals surface area contributed by atoms with Gasteiger partial charge in [-0.3, -0.25) is 14.6 Å². The first-order valence-electron chi connectivity index (χ1n) is 11.5. The fourth-order valence-electron chi connectivity index (χ4n) is 4.02. The van der Waals surface area contributed by atoms with Gasteiger partial charge in [0.05, 0.1) is 5.69 Å². The number of likely N-dealkylation sites (N-methyl/N-ethyl adjacent to an activating group) is 1. The Morgan fingerprint density at radius 1 is 1.03 bits per heavy atom. The Bertz CT molecular complexity index is 831. The molecule has 0 saturated carbocycles. The highest BCUT2D eigenvalue weighted by atomic mass is 127. The first-order chi connectivity index (χ1) is 15.0. The van der Waals surface area contributed by atoms with Crippen LogP contribution in [-0.4, -0.2) is 72.4 Å². The Labute approximate surface area is 210 Å². The fraction of sp³-hybridized carbons (Fsp3) is 0.583. The second kappa shape index (κ2) is 13.8. The summed E-state index contributed by atoms with van der Waals surface area (Å²) in [5.41, 5.74) is 4.95. The molecule has 0 radical (unpaired) electrons. The number of aromatic nitrogens is 2. The number of aliphatic imine (C=N–C) groups is 1. The predicted octanol–water partition coefficient (Wildman–Crippen LogP) is 3.01. The summed E-state index contributed by atoms with van der Waals surface area (Å²) in [6.45, 7) is 12.4. The van der Waals surface area contributed by atoms with Crippen LogP contribution in [-0.2, 0) is 19.6 Å². The van der Waals surface area contributed by atoms with Crippen molar-refractivity contribution in [2.45, 2.75) is 46.3 Å². The molecule has 2 heterocycles. The maximum Gasteiger partial charge on any atom is 0.191 e. The van der Waals surface area contributed by atoms with Crippen molar-refractivity contribution in [3.63, 3.8) is 0 Å². The topological polar surface area (TPSA) is 60.7 Å². The van der Waals surface area contributed by atoms with Crippen molar-refractivity contribution in [3.05, 3.63) is 52.8 Å². The molecule has 2 aromatic rings. The van der Waals surface area contributed by atoms with Gasteiger partial charge in [-0.15, -0.1) is 24.0 Å². The standard InChI is InChI=1S/C24H39N7.HI/c1-20-17-21(2)31(28-20)14-5-11-26-24(25-3)27-18-22-7-9-23(10-8-22)19-30-13-6-12-29(4)15-16-30;/h7-10,17H,5-6,11-16,18-19H2,1-4H3,(H2,25,26,27);1H. The molecule has 0 spiro atoms. The molecule has 3 rings (SSSR count). The predicted molar refractivity (Wildman–Crippen MR) is 144 cm³/mol. The molecule has 32 heavy (non-hydrogen) atoms. The molecule has 0 amide bonds. The van der Waals surface area contributed by atoms with Crippen LogP contribution in [0.1, 0.15) is 35.4 Å². The number of hydrogen-bond acceptors (Lipinski definition) is 4. The highest BCUT2D eigenvalue weighted by Crippen LogP contribution is 2.10. The third-order valence-electron chi connectivity index (χ3n) is 5.87. The number of aryl methyl sites for hydroxylation is 3. The lowest BCUT2D eigenvalue weighted by molar-refractivity contribution is 0.269. The highest BCUT2D eigenvalue weighted by Gasteiger charge is 2.12. The first kappa shape index (κ1) is 26.6. The van der Waals surface area contributed by atoms with E-state index in [0.717, 1.165) is 57.3 Å². The smallest absolute Gasteiger partial charge is 0.191 e. The molecule has 1 fully saturated rings. The number of hydrogen-bond donors (Lipinski definition) is 2. The fourth-order valence-corrected chi connectivity index (χ4v) is 4.02. The summed E-state index contributed by atoms with van der Waals surface area (Å²) in [5, 5.41) is 11.3. The molecule has 7 nitrogen and oxygen atoms in total. The Balaban J connectivity index is 0.00000363. The zero-order chi connectivity index (χ0) is 22.1. The normalized spacial score (nSPS) is 15.8. The van der Waals surface area contributed by atoms with E-state index in [9.17, 15) is 0 Å². The minimum Gasteiger partial charge on any atom is -0.356 e. The van der Waals surface area contributed by atoms with Crippen LogP contribution >= 0.6 is 24.0 Å². The third kappa shape index (κ3) is 8.71. The quantitative estimate of drug-likeness (QED) is 0.228. The Hall–Kier alpha value is -1.65. The lowest BCUT2D eigenvalue weighted by Gasteiger charge is -2.20. The molecule has 0 atom stereocenters. The lowest BCUT2D eigenvalue weighted by Crippen LogP contribution is -2.37. The Morgan fingerprint density at radius 3 is 2.47 bits per heavy atom. The summed E-state index contributed by atoms with van der Waals surface area (Å²) in [6.07, 6.45) is 2.26. The van der Waals surface area contributed by atoms with Gasteiger partial charge in [-0.25, -0.2) is 0 Å². The van der Waals surface area contributed by atoms with Gasteiger partial charge in [0.2, 0.25) is 0 Å². The van der Waals surface area contributed by atoms with E-state index >= 15 is 0 Å². The highest BCUT2D eigenvalue weighted by molar-refractivity contribution is 14.0. The summed E-state index contributed by atoms with van der Waals surface area (Å²) in [6, 6.07) is 11.1. The van der Waals surface area contributed by atoms with Gasteiger partial charge in [-0.1, -0.05) is 24.3 Å². The molecule has 1 saturated heterocycles. The zero-order valence-electron chi connectivity index (χ0n) is 20.1. The van der Waals surface area contributed by atoms with E-state index in [2.05, 4.69) is 79.5 Å². The molecule has 1 aromatic carbocycles. The first-order valence-corrected chi connectivity index (χ1v) is 11.5. The summed E-state index contributed by atoms with van der Waals surface area (Å²) < 4.78 is 2.07. The monoisotopic (exact) mass is 553 g/mol. The molecule has 1 aromatic heterocycles. The van der Waals surface area contributed by atoms with Crippen molar-refractivity contribution in [2.75, 3.05) is 46.8 Å². The van der Waals surface area contributed by atoms with Crippen LogP contribution in [0.15, 0.2) is 35.3 Å². The van der Waals surface area contributed by atoms with Crippen LogP contribution in [0, 0.1) is 13.8 Å². The average molecular weight is 554 g/mol. The van der Waals surface area contributed by atoms with Crippen LogP contribution in [0.5, 0.6) is 0 Å². The molecular weight excluding hydrogens is 513 g/mol. The summed E-state index contributed by atoms with van der Waals surface area (Å²) in [7, 11) is 4.04. The van der Waals surface area contributed by atoms with Crippen molar-refractivity contribution in [1.82, 2.24) is 30.2 Å². The molecule has 8 heteroatoms. The number of rotatable bonds is 8. The van der Waals surface area contributed by atoms with Gasteiger partial charge < -0.3 is 15.5 Å². The van der Waals surface area contributed by atoms with Crippen LogP contribution in [0.3, 0.4) is 0 Å². The van der Waals surface area contributed by atoms with Crippen molar-refractivity contribution in [3.8, 4) is 0 Å². The lowest BCUT2D eigenvalue weighted by atomic mass is 10.1. The molecule has 1 aliphatic rings. The van der Waals surface area contributed by atoms with Gasteiger partial charge in [-0.05, 0) is 64.0 Å². The largest absolute Gasteiger partial charge is 0.356 e. The van der Waals surface area contributed by atoms with Crippen LogP contribution in [0.25, 0.3) is 0 Å². The molecular formula is C24H40IN7. The number of nitrogens with zero attached hydrogens (tertiary/aromatic N) is 5. The third-order valence-corrected chi connectivity index (χ3v) is 5.87.